The molecule has 0 aliphatic heterocycles. The maximum absolute atomic E-state index is 5.66. The molecule has 1 aromatic rings. The fourth-order valence-electron chi connectivity index (χ4n) is 2.10. The second-order valence-corrected chi connectivity index (χ2v) is 4.91. The van der Waals surface area contributed by atoms with Crippen molar-refractivity contribution in [1.29, 1.82) is 0 Å². The number of rotatable bonds is 7. The summed E-state index contributed by atoms with van der Waals surface area (Å²) in [5.74, 6) is 5.66. The molecule has 0 bridgehead atoms. The third-order valence-electron chi connectivity index (χ3n) is 3.48. The van der Waals surface area contributed by atoms with Gasteiger partial charge < -0.3 is 0 Å². The lowest BCUT2D eigenvalue weighted by atomic mass is 9.97. The first-order chi connectivity index (χ1) is 8.19. The SMILES string of the molecule is CCCCCCC(NN)c1ccc(C)c(C)c1. The number of aryl methyl sites for hydroxylation is 2. The summed E-state index contributed by atoms with van der Waals surface area (Å²) in [5.41, 5.74) is 6.94. The minimum Gasteiger partial charge on any atom is -0.271 e. The van der Waals surface area contributed by atoms with E-state index < -0.39 is 0 Å². The highest BCUT2D eigenvalue weighted by Gasteiger charge is 2.09. The standard InChI is InChI=1S/C15H26N2/c1-4-5-6-7-8-15(17-16)14-10-9-12(2)13(3)11-14/h9-11,15,17H,4-8,16H2,1-3H3. The minimum atomic E-state index is 0.297. The van der Waals surface area contributed by atoms with Crippen molar-refractivity contribution in [2.45, 2.75) is 58.9 Å². The van der Waals surface area contributed by atoms with Crippen molar-refractivity contribution in [2.75, 3.05) is 0 Å². The first-order valence-corrected chi connectivity index (χ1v) is 6.72. The lowest BCUT2D eigenvalue weighted by Crippen LogP contribution is -2.28. The van der Waals surface area contributed by atoms with Gasteiger partial charge in [0.15, 0.2) is 0 Å². The smallest absolute Gasteiger partial charge is 0.0460 e. The van der Waals surface area contributed by atoms with Crippen molar-refractivity contribution in [3.8, 4) is 0 Å². The molecule has 96 valence electrons. The molecule has 1 aromatic carbocycles. The normalized spacial score (nSPS) is 12.7. The van der Waals surface area contributed by atoms with Crippen molar-refractivity contribution >= 4 is 0 Å². The average Bonchev–Trinajstić information content (AvgIpc) is 2.33. The van der Waals surface area contributed by atoms with Crippen LogP contribution >= 0.6 is 0 Å². The van der Waals surface area contributed by atoms with Crippen molar-refractivity contribution < 1.29 is 0 Å². The van der Waals surface area contributed by atoms with E-state index in [1.807, 2.05) is 0 Å². The lowest BCUT2D eigenvalue weighted by molar-refractivity contribution is 0.482. The molecule has 2 heteroatoms. The molecular weight excluding hydrogens is 208 g/mol. The summed E-state index contributed by atoms with van der Waals surface area (Å²) in [6.45, 7) is 6.54. The molecule has 3 N–H and O–H groups in total. The zero-order valence-electron chi connectivity index (χ0n) is 11.4. The monoisotopic (exact) mass is 234 g/mol. The largest absolute Gasteiger partial charge is 0.271 e. The van der Waals surface area contributed by atoms with Gasteiger partial charge in [-0.15, -0.1) is 0 Å². The summed E-state index contributed by atoms with van der Waals surface area (Å²) in [5, 5.41) is 0. The van der Waals surface area contributed by atoms with Crippen LogP contribution in [-0.4, -0.2) is 0 Å². The van der Waals surface area contributed by atoms with Crippen molar-refractivity contribution in [2.24, 2.45) is 5.84 Å². The fraction of sp³-hybridized carbons (Fsp3) is 0.600. The summed E-state index contributed by atoms with van der Waals surface area (Å²) in [6.07, 6.45) is 6.28. The van der Waals surface area contributed by atoms with Crippen LogP contribution in [0.25, 0.3) is 0 Å². The quantitative estimate of drug-likeness (QED) is 0.428. The van der Waals surface area contributed by atoms with Crippen molar-refractivity contribution in [1.82, 2.24) is 5.43 Å². The van der Waals surface area contributed by atoms with Gasteiger partial charge in [-0.05, 0) is 37.0 Å². The highest BCUT2D eigenvalue weighted by atomic mass is 15.2. The Morgan fingerprint density at radius 1 is 1.12 bits per heavy atom. The summed E-state index contributed by atoms with van der Waals surface area (Å²) in [4.78, 5) is 0. The van der Waals surface area contributed by atoms with Crippen LogP contribution in [0.3, 0.4) is 0 Å². The zero-order valence-corrected chi connectivity index (χ0v) is 11.4. The number of nitrogens with one attached hydrogen (secondary N) is 1. The predicted octanol–water partition coefficient (Wildman–Crippen LogP) is 3.78. The van der Waals surface area contributed by atoms with E-state index in [1.54, 1.807) is 0 Å². The van der Waals surface area contributed by atoms with E-state index >= 15 is 0 Å². The molecule has 0 fully saturated rings. The molecule has 1 rings (SSSR count). The van der Waals surface area contributed by atoms with E-state index in [1.165, 1.54) is 42.4 Å². The Balaban J connectivity index is 2.56. The fourth-order valence-corrected chi connectivity index (χ4v) is 2.10. The van der Waals surface area contributed by atoms with Gasteiger partial charge in [0.25, 0.3) is 0 Å². The maximum atomic E-state index is 5.66. The van der Waals surface area contributed by atoms with E-state index in [-0.39, 0.29) is 0 Å². The molecule has 0 amide bonds. The average molecular weight is 234 g/mol. The van der Waals surface area contributed by atoms with Gasteiger partial charge in [-0.25, -0.2) is 0 Å². The Labute approximate surface area is 106 Å². The Bertz CT molecular complexity index is 334. The first kappa shape index (κ1) is 14.2. The topological polar surface area (TPSA) is 38.0 Å². The Morgan fingerprint density at radius 2 is 1.88 bits per heavy atom. The second kappa shape index (κ2) is 7.46. The van der Waals surface area contributed by atoms with Gasteiger partial charge in [0.1, 0.15) is 0 Å². The van der Waals surface area contributed by atoms with Gasteiger partial charge in [-0.1, -0.05) is 50.8 Å². The zero-order chi connectivity index (χ0) is 12.7. The summed E-state index contributed by atoms with van der Waals surface area (Å²) >= 11 is 0. The number of hydrogen-bond donors (Lipinski definition) is 2. The minimum absolute atomic E-state index is 0.297. The van der Waals surface area contributed by atoms with E-state index in [0.717, 1.165) is 6.42 Å². The van der Waals surface area contributed by atoms with Gasteiger partial charge in [-0.3, -0.25) is 11.3 Å². The molecule has 1 unspecified atom stereocenters. The molecule has 2 nitrogen and oxygen atoms in total. The number of unbranched alkanes of at least 4 members (excludes halogenated alkanes) is 3. The number of hydrogen-bond acceptors (Lipinski definition) is 2. The highest BCUT2D eigenvalue weighted by Crippen LogP contribution is 2.21. The lowest BCUT2D eigenvalue weighted by Gasteiger charge is -2.17. The summed E-state index contributed by atoms with van der Waals surface area (Å²) in [7, 11) is 0. The van der Waals surface area contributed by atoms with Crippen LogP contribution in [0.1, 0.15) is 61.8 Å². The van der Waals surface area contributed by atoms with Crippen LogP contribution in [0.5, 0.6) is 0 Å². The van der Waals surface area contributed by atoms with Gasteiger partial charge in [0.2, 0.25) is 0 Å². The molecule has 0 aliphatic rings. The van der Waals surface area contributed by atoms with Crippen molar-refractivity contribution in [3.63, 3.8) is 0 Å². The molecule has 0 aliphatic carbocycles. The maximum Gasteiger partial charge on any atom is 0.0460 e. The molecule has 1 atom stereocenters. The molecule has 17 heavy (non-hydrogen) atoms. The van der Waals surface area contributed by atoms with Crippen LogP contribution in [-0.2, 0) is 0 Å². The van der Waals surface area contributed by atoms with Gasteiger partial charge >= 0.3 is 0 Å². The van der Waals surface area contributed by atoms with Gasteiger partial charge in [0, 0.05) is 6.04 Å². The van der Waals surface area contributed by atoms with Crippen LogP contribution in [0, 0.1) is 13.8 Å². The first-order valence-electron chi connectivity index (χ1n) is 6.72. The highest BCUT2D eigenvalue weighted by molar-refractivity contribution is 5.31. The third-order valence-corrected chi connectivity index (χ3v) is 3.48. The summed E-state index contributed by atoms with van der Waals surface area (Å²) < 4.78 is 0. The summed E-state index contributed by atoms with van der Waals surface area (Å²) in [6, 6.07) is 6.92. The van der Waals surface area contributed by atoms with Gasteiger partial charge in [0.05, 0.1) is 0 Å². The molecule has 0 heterocycles. The van der Waals surface area contributed by atoms with Crippen molar-refractivity contribution in [3.05, 3.63) is 34.9 Å². The van der Waals surface area contributed by atoms with Crippen LogP contribution in [0.15, 0.2) is 18.2 Å². The molecule has 0 spiro atoms. The molecule has 0 aromatic heterocycles. The van der Waals surface area contributed by atoms with Crippen LogP contribution < -0.4 is 11.3 Å². The predicted molar refractivity (Wildman–Crippen MR) is 74.7 cm³/mol. The number of nitrogens with two attached hydrogens (primary N) is 1. The second-order valence-electron chi connectivity index (χ2n) is 4.91. The molecule has 0 radical (unpaired) electrons. The molecule has 0 saturated carbocycles. The van der Waals surface area contributed by atoms with Gasteiger partial charge in [-0.2, -0.15) is 0 Å². The molecular formula is C15H26N2. The van der Waals surface area contributed by atoms with E-state index in [0.29, 0.717) is 6.04 Å². The van der Waals surface area contributed by atoms with Crippen LogP contribution in [0.4, 0.5) is 0 Å². The van der Waals surface area contributed by atoms with E-state index in [4.69, 9.17) is 5.84 Å². The Kier molecular flexibility index (Phi) is 6.23. The Morgan fingerprint density at radius 3 is 2.47 bits per heavy atom. The molecule has 0 saturated heterocycles. The Hall–Kier alpha value is -0.860. The van der Waals surface area contributed by atoms with E-state index in [2.05, 4.69) is 44.4 Å². The number of hydrazine groups is 1. The number of benzene rings is 1. The van der Waals surface area contributed by atoms with Crippen LogP contribution in [0.2, 0.25) is 0 Å². The van der Waals surface area contributed by atoms with E-state index in [9.17, 15) is 0 Å². The third kappa shape index (κ3) is 4.49.